The number of aryl methyl sites for hydroxylation is 1. The molecule has 0 atom stereocenters. The Morgan fingerprint density at radius 1 is 1.21 bits per heavy atom. The van der Waals surface area contributed by atoms with Gasteiger partial charge in [-0.1, -0.05) is 61.0 Å². The Balaban J connectivity index is 1.56. The van der Waals surface area contributed by atoms with Crippen molar-refractivity contribution in [3.8, 4) is 11.4 Å². The molecule has 0 aliphatic rings. The fourth-order valence-corrected chi connectivity index (χ4v) is 3.51. The summed E-state index contributed by atoms with van der Waals surface area (Å²) in [5.74, 6) is 6.63. The van der Waals surface area contributed by atoms with Crippen molar-refractivity contribution < 1.29 is 4.79 Å². The van der Waals surface area contributed by atoms with E-state index in [-0.39, 0.29) is 11.7 Å². The number of nitrogens with two attached hydrogens (primary N) is 1. The average Bonchev–Trinajstić information content (AvgIpc) is 3.06. The predicted molar refractivity (Wildman–Crippen MR) is 115 cm³/mol. The van der Waals surface area contributed by atoms with E-state index >= 15 is 0 Å². The fraction of sp³-hybridized carbons (Fsp3) is 0.250. The van der Waals surface area contributed by atoms with Gasteiger partial charge in [0.15, 0.2) is 5.82 Å². The van der Waals surface area contributed by atoms with E-state index in [0.717, 1.165) is 17.7 Å². The van der Waals surface area contributed by atoms with Crippen LogP contribution in [0.15, 0.2) is 53.7 Å². The minimum absolute atomic E-state index is 0.126. The monoisotopic (exact) mass is 415 g/mol. The van der Waals surface area contributed by atoms with Crippen molar-refractivity contribution in [2.75, 3.05) is 16.9 Å². The van der Waals surface area contributed by atoms with Crippen molar-refractivity contribution in [1.29, 1.82) is 0 Å². The second-order valence-electron chi connectivity index (χ2n) is 6.32. The van der Waals surface area contributed by atoms with Gasteiger partial charge < -0.3 is 11.2 Å². The Labute approximate surface area is 173 Å². The van der Waals surface area contributed by atoms with Gasteiger partial charge in [-0.3, -0.25) is 4.79 Å². The van der Waals surface area contributed by atoms with Gasteiger partial charge in [0.05, 0.1) is 5.75 Å². The number of carbonyl (C=O) groups is 1. The van der Waals surface area contributed by atoms with Crippen LogP contribution >= 0.6 is 23.4 Å². The Morgan fingerprint density at radius 2 is 2.00 bits per heavy atom. The fourth-order valence-electron chi connectivity index (χ4n) is 2.66. The molecular formula is C20H22ClN5OS. The van der Waals surface area contributed by atoms with E-state index in [1.54, 1.807) is 12.1 Å². The molecule has 6 nitrogen and oxygen atoms in total. The van der Waals surface area contributed by atoms with E-state index in [1.165, 1.54) is 34.8 Å². The number of hydrogen-bond donors (Lipinski definition) is 2. The first-order valence-corrected chi connectivity index (χ1v) is 10.4. The van der Waals surface area contributed by atoms with E-state index in [9.17, 15) is 4.79 Å². The number of halogens is 1. The van der Waals surface area contributed by atoms with E-state index in [4.69, 9.17) is 17.4 Å². The largest absolute Gasteiger partial charge is 0.335 e. The first kappa shape index (κ1) is 20.2. The number of aromatic nitrogens is 3. The molecule has 0 saturated heterocycles. The highest BCUT2D eigenvalue weighted by atomic mass is 35.5. The lowest BCUT2D eigenvalue weighted by molar-refractivity contribution is -0.113. The Kier molecular flexibility index (Phi) is 6.95. The first-order chi connectivity index (χ1) is 13.6. The summed E-state index contributed by atoms with van der Waals surface area (Å²) in [4.78, 5) is 12.2. The lowest BCUT2D eigenvalue weighted by Crippen LogP contribution is -2.16. The predicted octanol–water partition coefficient (Wildman–Crippen LogP) is 4.39. The van der Waals surface area contributed by atoms with Gasteiger partial charge in [-0.15, -0.1) is 10.2 Å². The van der Waals surface area contributed by atoms with E-state index in [0.29, 0.717) is 16.0 Å². The van der Waals surface area contributed by atoms with Gasteiger partial charge in [-0.25, -0.2) is 4.68 Å². The Morgan fingerprint density at radius 3 is 2.71 bits per heavy atom. The molecule has 0 bridgehead atoms. The van der Waals surface area contributed by atoms with Crippen LogP contribution in [0, 0.1) is 0 Å². The number of unbranched alkanes of at least 4 members (excludes halogenated alkanes) is 1. The quantitative estimate of drug-likeness (QED) is 0.421. The molecule has 1 amide bonds. The molecule has 3 N–H and O–H groups in total. The molecule has 0 saturated carbocycles. The van der Waals surface area contributed by atoms with Crippen LogP contribution in [0.2, 0.25) is 5.02 Å². The normalized spacial score (nSPS) is 10.8. The summed E-state index contributed by atoms with van der Waals surface area (Å²) in [5, 5.41) is 12.1. The number of rotatable bonds is 8. The van der Waals surface area contributed by atoms with Gasteiger partial charge in [0.25, 0.3) is 0 Å². The van der Waals surface area contributed by atoms with Crippen LogP contribution in [0.4, 0.5) is 5.69 Å². The maximum absolute atomic E-state index is 12.2. The van der Waals surface area contributed by atoms with Crippen molar-refractivity contribution in [1.82, 2.24) is 14.9 Å². The minimum atomic E-state index is -0.126. The number of amides is 1. The van der Waals surface area contributed by atoms with E-state index < -0.39 is 0 Å². The first-order valence-electron chi connectivity index (χ1n) is 9.05. The van der Waals surface area contributed by atoms with Gasteiger partial charge in [0, 0.05) is 16.3 Å². The summed E-state index contributed by atoms with van der Waals surface area (Å²) < 4.78 is 1.37. The Hall–Kier alpha value is -2.51. The van der Waals surface area contributed by atoms with E-state index in [2.05, 4.69) is 22.4 Å². The third kappa shape index (κ3) is 5.27. The summed E-state index contributed by atoms with van der Waals surface area (Å²) in [6, 6.07) is 15.2. The van der Waals surface area contributed by atoms with Gasteiger partial charge in [-0.2, -0.15) is 0 Å². The molecule has 2 aromatic carbocycles. The highest BCUT2D eigenvalue weighted by Crippen LogP contribution is 2.24. The Bertz CT molecular complexity index is 942. The van der Waals surface area contributed by atoms with Crippen LogP contribution in [0.25, 0.3) is 11.4 Å². The zero-order valence-electron chi connectivity index (χ0n) is 15.6. The number of carbonyl (C=O) groups excluding carboxylic acids is 1. The van der Waals surface area contributed by atoms with Gasteiger partial charge in [0.1, 0.15) is 0 Å². The molecular weight excluding hydrogens is 394 g/mol. The number of nitrogen functional groups attached to an aromatic ring is 1. The van der Waals surface area contributed by atoms with Crippen LogP contribution in [-0.2, 0) is 11.2 Å². The molecule has 1 aromatic heterocycles. The number of anilines is 1. The number of nitrogens with zero attached hydrogens (tertiary/aromatic N) is 3. The molecule has 1 heterocycles. The smallest absolute Gasteiger partial charge is 0.234 e. The van der Waals surface area contributed by atoms with Crippen molar-refractivity contribution in [2.45, 2.75) is 31.3 Å². The molecule has 0 unspecified atom stereocenters. The molecule has 0 spiro atoms. The third-order valence-electron chi connectivity index (χ3n) is 4.14. The maximum Gasteiger partial charge on any atom is 0.234 e. The second kappa shape index (κ2) is 9.61. The van der Waals surface area contributed by atoms with Crippen molar-refractivity contribution >= 4 is 35.0 Å². The highest BCUT2D eigenvalue weighted by molar-refractivity contribution is 7.99. The summed E-state index contributed by atoms with van der Waals surface area (Å²) in [6.07, 6.45) is 3.39. The third-order valence-corrected chi connectivity index (χ3v) is 5.31. The average molecular weight is 416 g/mol. The lowest BCUT2D eigenvalue weighted by atomic mass is 10.1. The zero-order chi connectivity index (χ0) is 19.9. The van der Waals surface area contributed by atoms with Crippen LogP contribution in [0.3, 0.4) is 0 Å². The molecule has 28 heavy (non-hydrogen) atoms. The molecule has 146 valence electrons. The van der Waals surface area contributed by atoms with Crippen LogP contribution in [0.5, 0.6) is 0 Å². The SMILES string of the molecule is CCCCc1ccc(NC(=O)CSc2nnc(-c3cccc(Cl)c3)n2N)cc1. The lowest BCUT2D eigenvalue weighted by Gasteiger charge is -2.07. The number of benzene rings is 2. The summed E-state index contributed by atoms with van der Waals surface area (Å²) in [7, 11) is 0. The highest BCUT2D eigenvalue weighted by Gasteiger charge is 2.14. The molecule has 0 radical (unpaired) electrons. The number of hydrogen-bond acceptors (Lipinski definition) is 5. The molecule has 0 fully saturated rings. The van der Waals surface area contributed by atoms with Crippen molar-refractivity contribution in [3.63, 3.8) is 0 Å². The van der Waals surface area contributed by atoms with Crippen LogP contribution < -0.4 is 11.2 Å². The summed E-state index contributed by atoms with van der Waals surface area (Å²) in [6.45, 7) is 2.17. The molecule has 8 heteroatoms. The molecule has 0 aliphatic carbocycles. The minimum Gasteiger partial charge on any atom is -0.335 e. The summed E-state index contributed by atoms with van der Waals surface area (Å²) in [5.41, 5.74) is 2.82. The second-order valence-corrected chi connectivity index (χ2v) is 7.70. The topological polar surface area (TPSA) is 85.8 Å². The van der Waals surface area contributed by atoms with Crippen molar-refractivity contribution in [3.05, 3.63) is 59.1 Å². The van der Waals surface area contributed by atoms with Gasteiger partial charge in [0.2, 0.25) is 11.1 Å². The number of thioether (sulfide) groups is 1. The standard InChI is InChI=1S/C20H22ClN5OS/c1-2-3-5-14-8-10-17(11-9-14)23-18(27)13-28-20-25-24-19(26(20)22)15-6-4-7-16(21)12-15/h4,6-12H,2-3,5,13,22H2,1H3,(H,23,27). The van der Waals surface area contributed by atoms with E-state index in [1.807, 2.05) is 36.4 Å². The zero-order valence-corrected chi connectivity index (χ0v) is 17.1. The molecule has 3 aromatic rings. The van der Waals surface area contributed by atoms with Crippen LogP contribution in [-0.4, -0.2) is 26.5 Å². The van der Waals surface area contributed by atoms with Crippen molar-refractivity contribution in [2.24, 2.45) is 0 Å². The summed E-state index contributed by atoms with van der Waals surface area (Å²) >= 11 is 7.24. The molecule has 0 aliphatic heterocycles. The number of nitrogens with one attached hydrogen (secondary N) is 1. The van der Waals surface area contributed by atoms with Gasteiger partial charge >= 0.3 is 0 Å². The van der Waals surface area contributed by atoms with Crippen LogP contribution in [0.1, 0.15) is 25.3 Å². The maximum atomic E-state index is 12.2. The molecule has 3 rings (SSSR count). The van der Waals surface area contributed by atoms with Gasteiger partial charge in [-0.05, 0) is 42.7 Å².